The van der Waals surface area contributed by atoms with Crippen LogP contribution in [0.25, 0.3) is 0 Å². The van der Waals surface area contributed by atoms with Gasteiger partial charge in [-0.15, -0.1) is 0 Å². The first-order valence-electron chi connectivity index (χ1n) is 6.58. The molecular formula is C13H23FN2O2. The van der Waals surface area contributed by atoms with Crippen molar-refractivity contribution in [1.29, 1.82) is 0 Å². The fourth-order valence-electron chi connectivity index (χ4n) is 3.03. The number of nitrogens with two attached hydrogens (primary N) is 1. The quantitative estimate of drug-likeness (QED) is 0.723. The monoisotopic (exact) mass is 258 g/mol. The fraction of sp³-hybridized carbons (Fsp3) is 0.923. The van der Waals surface area contributed by atoms with E-state index in [0.29, 0.717) is 25.9 Å². The molecule has 1 saturated heterocycles. The van der Waals surface area contributed by atoms with Gasteiger partial charge in [0.15, 0.2) is 0 Å². The van der Waals surface area contributed by atoms with E-state index < -0.39 is 11.8 Å². The summed E-state index contributed by atoms with van der Waals surface area (Å²) in [6, 6.07) is -0.372. The molecule has 0 radical (unpaired) electrons. The van der Waals surface area contributed by atoms with Crippen LogP contribution in [-0.4, -0.2) is 41.9 Å². The van der Waals surface area contributed by atoms with Crippen molar-refractivity contribution in [3.8, 4) is 0 Å². The van der Waals surface area contributed by atoms with E-state index in [2.05, 4.69) is 0 Å². The number of likely N-dealkylation sites (tertiary alicyclic amines) is 1. The zero-order chi connectivity index (χ0) is 13.6. The number of rotatable bonds is 0. The van der Waals surface area contributed by atoms with Crippen LogP contribution < -0.4 is 5.73 Å². The third kappa shape index (κ3) is 2.76. The first-order valence-corrected chi connectivity index (χ1v) is 6.58. The second-order valence-electron chi connectivity index (χ2n) is 6.74. The summed E-state index contributed by atoms with van der Waals surface area (Å²) in [5.74, 6) is 0. The van der Waals surface area contributed by atoms with Gasteiger partial charge in [0.05, 0.1) is 0 Å². The number of amides is 1. The van der Waals surface area contributed by atoms with E-state index >= 15 is 0 Å². The average molecular weight is 258 g/mol. The average Bonchev–Trinajstić information content (AvgIpc) is 2.70. The van der Waals surface area contributed by atoms with Crippen LogP contribution in [0, 0.1) is 5.41 Å². The Labute approximate surface area is 108 Å². The van der Waals surface area contributed by atoms with E-state index in [1.165, 1.54) is 0 Å². The van der Waals surface area contributed by atoms with Crippen molar-refractivity contribution < 1.29 is 13.9 Å². The third-order valence-electron chi connectivity index (χ3n) is 3.85. The Morgan fingerprint density at radius 1 is 1.44 bits per heavy atom. The molecule has 4 nitrogen and oxygen atoms in total. The first kappa shape index (κ1) is 13.6. The largest absolute Gasteiger partial charge is 0.444 e. The molecule has 2 N–H and O–H groups in total. The standard InChI is InChI=1S/C13H23FN2O2/c1-12(2,3)18-11(17)16-5-4-13(8-16)6-9(14)10(15)7-13/h9-10H,4-8,15H2,1-3H3/t9-,10-,13?/m0/s1. The van der Waals surface area contributed by atoms with Crippen LogP contribution in [0.3, 0.4) is 0 Å². The lowest BCUT2D eigenvalue weighted by Gasteiger charge is -2.26. The van der Waals surface area contributed by atoms with Gasteiger partial charge >= 0.3 is 6.09 Å². The predicted molar refractivity (Wildman–Crippen MR) is 67.0 cm³/mol. The SMILES string of the molecule is CC(C)(C)OC(=O)N1CCC2(C[C@H](N)[C@@H](F)C2)C1. The Morgan fingerprint density at radius 2 is 2.11 bits per heavy atom. The summed E-state index contributed by atoms with van der Waals surface area (Å²) in [7, 11) is 0. The third-order valence-corrected chi connectivity index (χ3v) is 3.85. The molecule has 1 heterocycles. The predicted octanol–water partition coefficient (Wildman–Crippen LogP) is 2.07. The summed E-state index contributed by atoms with van der Waals surface area (Å²) in [6.45, 7) is 6.77. The van der Waals surface area contributed by atoms with Crippen LogP contribution in [0.1, 0.15) is 40.0 Å². The van der Waals surface area contributed by atoms with Crippen LogP contribution in [0.4, 0.5) is 9.18 Å². The minimum Gasteiger partial charge on any atom is -0.444 e. The van der Waals surface area contributed by atoms with Crippen LogP contribution >= 0.6 is 0 Å². The number of carbonyl (C=O) groups excluding carboxylic acids is 1. The first-order chi connectivity index (χ1) is 8.21. The minimum atomic E-state index is -0.927. The summed E-state index contributed by atoms with van der Waals surface area (Å²) < 4.78 is 18.9. The van der Waals surface area contributed by atoms with Crippen LogP contribution in [0.5, 0.6) is 0 Å². The van der Waals surface area contributed by atoms with Crippen molar-refractivity contribution in [2.24, 2.45) is 11.1 Å². The van der Waals surface area contributed by atoms with Crippen molar-refractivity contribution in [2.75, 3.05) is 13.1 Å². The van der Waals surface area contributed by atoms with Crippen molar-refractivity contribution in [3.05, 3.63) is 0 Å². The molecule has 1 aliphatic heterocycles. The lowest BCUT2D eigenvalue weighted by Crippen LogP contribution is -2.36. The van der Waals surface area contributed by atoms with Gasteiger partial charge in [-0.2, -0.15) is 0 Å². The molecule has 1 aliphatic carbocycles. The van der Waals surface area contributed by atoms with Gasteiger partial charge in [0.2, 0.25) is 0 Å². The van der Waals surface area contributed by atoms with Gasteiger partial charge in [0.25, 0.3) is 0 Å². The summed E-state index contributed by atoms with van der Waals surface area (Å²) in [6.07, 6.45) is 0.764. The topological polar surface area (TPSA) is 55.6 Å². The molecule has 18 heavy (non-hydrogen) atoms. The van der Waals surface area contributed by atoms with E-state index in [0.717, 1.165) is 6.42 Å². The molecule has 1 amide bonds. The lowest BCUT2D eigenvalue weighted by atomic mass is 9.85. The molecule has 0 aromatic rings. The maximum atomic E-state index is 13.6. The highest BCUT2D eigenvalue weighted by atomic mass is 19.1. The molecule has 104 valence electrons. The van der Waals surface area contributed by atoms with Gasteiger partial charge in [-0.25, -0.2) is 9.18 Å². The highest BCUT2D eigenvalue weighted by Crippen LogP contribution is 2.46. The van der Waals surface area contributed by atoms with Gasteiger partial charge in [-0.05, 0) is 45.4 Å². The molecule has 3 atom stereocenters. The molecule has 2 rings (SSSR count). The van der Waals surface area contributed by atoms with Gasteiger partial charge in [0, 0.05) is 19.1 Å². The number of hydrogen-bond donors (Lipinski definition) is 1. The number of alkyl halides is 1. The lowest BCUT2D eigenvalue weighted by molar-refractivity contribution is 0.0272. The molecule has 2 aliphatic rings. The van der Waals surface area contributed by atoms with Crippen LogP contribution in [0.15, 0.2) is 0 Å². The Balaban J connectivity index is 1.95. The molecule has 1 unspecified atom stereocenters. The van der Waals surface area contributed by atoms with Crippen LogP contribution in [-0.2, 0) is 4.74 Å². The molecule has 0 bridgehead atoms. The van der Waals surface area contributed by atoms with Gasteiger partial charge in [0.1, 0.15) is 11.8 Å². The van der Waals surface area contributed by atoms with Gasteiger partial charge in [-0.1, -0.05) is 0 Å². The van der Waals surface area contributed by atoms with E-state index in [9.17, 15) is 9.18 Å². The number of ether oxygens (including phenoxy) is 1. The maximum Gasteiger partial charge on any atom is 0.410 e. The van der Waals surface area contributed by atoms with Crippen molar-refractivity contribution in [1.82, 2.24) is 4.90 Å². The van der Waals surface area contributed by atoms with Crippen molar-refractivity contribution >= 4 is 6.09 Å². The Hall–Kier alpha value is -0.840. The summed E-state index contributed by atoms with van der Waals surface area (Å²) in [5, 5.41) is 0. The summed E-state index contributed by atoms with van der Waals surface area (Å²) in [5.41, 5.74) is 5.15. The van der Waals surface area contributed by atoms with Crippen LogP contribution in [0.2, 0.25) is 0 Å². The number of nitrogens with zero attached hydrogens (tertiary/aromatic N) is 1. The van der Waals surface area contributed by atoms with E-state index in [-0.39, 0.29) is 17.6 Å². The zero-order valence-corrected chi connectivity index (χ0v) is 11.4. The Bertz CT molecular complexity index is 330. The highest BCUT2D eigenvalue weighted by molar-refractivity contribution is 5.68. The molecular weight excluding hydrogens is 235 g/mol. The molecule has 5 heteroatoms. The van der Waals surface area contributed by atoms with Gasteiger partial charge in [-0.3, -0.25) is 0 Å². The van der Waals surface area contributed by atoms with Crippen molar-refractivity contribution in [2.45, 2.75) is 57.8 Å². The Kier molecular flexibility index (Phi) is 3.30. The molecule has 1 saturated carbocycles. The number of hydrogen-bond acceptors (Lipinski definition) is 3. The zero-order valence-electron chi connectivity index (χ0n) is 11.4. The number of carbonyl (C=O) groups is 1. The second kappa shape index (κ2) is 4.37. The summed E-state index contributed by atoms with van der Waals surface area (Å²) in [4.78, 5) is 13.6. The molecule has 0 aromatic carbocycles. The minimum absolute atomic E-state index is 0.115. The fourth-order valence-corrected chi connectivity index (χ4v) is 3.03. The normalized spacial score (nSPS) is 36.4. The highest BCUT2D eigenvalue weighted by Gasteiger charge is 2.49. The molecule has 0 aromatic heterocycles. The molecule has 2 fully saturated rings. The smallest absolute Gasteiger partial charge is 0.410 e. The second-order valence-corrected chi connectivity index (χ2v) is 6.74. The van der Waals surface area contributed by atoms with E-state index in [1.807, 2.05) is 20.8 Å². The maximum absolute atomic E-state index is 13.6. The van der Waals surface area contributed by atoms with Gasteiger partial charge < -0.3 is 15.4 Å². The Morgan fingerprint density at radius 3 is 2.61 bits per heavy atom. The summed E-state index contributed by atoms with van der Waals surface area (Å²) >= 11 is 0. The van der Waals surface area contributed by atoms with E-state index in [4.69, 9.17) is 10.5 Å². The molecule has 1 spiro atoms. The van der Waals surface area contributed by atoms with Crippen molar-refractivity contribution in [3.63, 3.8) is 0 Å². The van der Waals surface area contributed by atoms with E-state index in [1.54, 1.807) is 4.90 Å². The number of halogens is 1.